The summed E-state index contributed by atoms with van der Waals surface area (Å²) in [6.45, 7) is 6.96. The number of rotatable bonds is 6. The van der Waals surface area contributed by atoms with Crippen LogP contribution < -0.4 is 5.73 Å². The number of ether oxygens (including phenoxy) is 1. The molecule has 0 aliphatic rings. The lowest BCUT2D eigenvalue weighted by Gasteiger charge is -2.22. The Bertz CT molecular complexity index is 109. The standard InChI is InChI=1S/C9H20FNO/c1-4-12-6-9(10)8(5-11)7(2)3/h7-9H,4-6,11H2,1-3H3. The molecule has 0 fully saturated rings. The van der Waals surface area contributed by atoms with Gasteiger partial charge in [-0.25, -0.2) is 4.39 Å². The SMILES string of the molecule is CCOCC(F)C(CN)C(C)C. The first-order valence-corrected chi connectivity index (χ1v) is 4.55. The van der Waals surface area contributed by atoms with Gasteiger partial charge in [-0.05, 0) is 19.4 Å². The lowest BCUT2D eigenvalue weighted by Crippen LogP contribution is -2.32. The molecule has 0 rings (SSSR count). The Morgan fingerprint density at radius 1 is 1.42 bits per heavy atom. The highest BCUT2D eigenvalue weighted by molar-refractivity contribution is 4.72. The minimum atomic E-state index is -0.921. The maximum atomic E-state index is 13.3. The summed E-state index contributed by atoms with van der Waals surface area (Å²) in [6, 6.07) is 0. The summed E-state index contributed by atoms with van der Waals surface area (Å²) in [5.41, 5.74) is 5.45. The monoisotopic (exact) mass is 177 g/mol. The molecule has 0 saturated carbocycles. The highest BCUT2D eigenvalue weighted by Crippen LogP contribution is 2.17. The van der Waals surface area contributed by atoms with Crippen molar-refractivity contribution in [1.29, 1.82) is 0 Å². The summed E-state index contributed by atoms with van der Waals surface area (Å²) in [5, 5.41) is 0. The van der Waals surface area contributed by atoms with Gasteiger partial charge in [0.15, 0.2) is 0 Å². The van der Waals surface area contributed by atoms with Gasteiger partial charge in [0, 0.05) is 12.5 Å². The largest absolute Gasteiger partial charge is 0.379 e. The van der Waals surface area contributed by atoms with Crippen LogP contribution in [-0.2, 0) is 4.74 Å². The normalized spacial score (nSPS) is 16.5. The van der Waals surface area contributed by atoms with Crippen molar-refractivity contribution in [2.24, 2.45) is 17.6 Å². The van der Waals surface area contributed by atoms with Gasteiger partial charge < -0.3 is 10.5 Å². The molecule has 0 bridgehead atoms. The predicted octanol–water partition coefficient (Wildman–Crippen LogP) is 1.59. The average molecular weight is 177 g/mol. The Balaban J connectivity index is 3.77. The van der Waals surface area contributed by atoms with Crippen LogP contribution in [0.15, 0.2) is 0 Å². The van der Waals surface area contributed by atoms with Crippen molar-refractivity contribution in [2.75, 3.05) is 19.8 Å². The van der Waals surface area contributed by atoms with Crippen molar-refractivity contribution in [3.8, 4) is 0 Å². The van der Waals surface area contributed by atoms with Crippen molar-refractivity contribution in [3.63, 3.8) is 0 Å². The van der Waals surface area contributed by atoms with Gasteiger partial charge in [0.1, 0.15) is 6.17 Å². The third-order valence-corrected chi connectivity index (χ3v) is 2.07. The minimum absolute atomic E-state index is 0.0726. The smallest absolute Gasteiger partial charge is 0.128 e. The molecular weight excluding hydrogens is 157 g/mol. The Kier molecular flexibility index (Phi) is 6.30. The maximum Gasteiger partial charge on any atom is 0.128 e. The molecule has 0 heterocycles. The van der Waals surface area contributed by atoms with Gasteiger partial charge in [0.25, 0.3) is 0 Å². The van der Waals surface area contributed by atoms with Gasteiger partial charge in [0.05, 0.1) is 6.61 Å². The molecule has 0 aliphatic carbocycles. The molecule has 2 N–H and O–H groups in total. The topological polar surface area (TPSA) is 35.2 Å². The Morgan fingerprint density at radius 2 is 2.00 bits per heavy atom. The molecule has 2 atom stereocenters. The highest BCUT2D eigenvalue weighted by Gasteiger charge is 2.22. The zero-order valence-corrected chi connectivity index (χ0v) is 8.22. The number of halogens is 1. The second-order valence-corrected chi connectivity index (χ2v) is 3.32. The van der Waals surface area contributed by atoms with E-state index < -0.39 is 6.17 Å². The minimum Gasteiger partial charge on any atom is -0.379 e. The van der Waals surface area contributed by atoms with E-state index in [1.165, 1.54) is 0 Å². The van der Waals surface area contributed by atoms with Crippen LogP contribution in [0, 0.1) is 11.8 Å². The molecule has 0 aromatic heterocycles. The molecule has 0 aliphatic heterocycles. The van der Waals surface area contributed by atoms with Gasteiger partial charge in [-0.3, -0.25) is 0 Å². The van der Waals surface area contributed by atoms with Crippen LogP contribution in [0.1, 0.15) is 20.8 Å². The molecule has 0 aromatic rings. The zero-order valence-electron chi connectivity index (χ0n) is 8.22. The van der Waals surface area contributed by atoms with Crippen molar-refractivity contribution in [3.05, 3.63) is 0 Å². The van der Waals surface area contributed by atoms with E-state index in [9.17, 15) is 4.39 Å². The molecule has 12 heavy (non-hydrogen) atoms. The van der Waals surface area contributed by atoms with E-state index in [0.717, 1.165) is 0 Å². The lowest BCUT2D eigenvalue weighted by molar-refractivity contribution is 0.0509. The molecule has 2 nitrogen and oxygen atoms in total. The summed E-state index contributed by atoms with van der Waals surface area (Å²) < 4.78 is 18.3. The van der Waals surface area contributed by atoms with Crippen LogP contribution in [-0.4, -0.2) is 25.9 Å². The van der Waals surface area contributed by atoms with E-state index in [1.807, 2.05) is 20.8 Å². The Hall–Kier alpha value is -0.150. The Morgan fingerprint density at radius 3 is 2.33 bits per heavy atom. The molecular formula is C9H20FNO. The van der Waals surface area contributed by atoms with Gasteiger partial charge in [-0.15, -0.1) is 0 Å². The van der Waals surface area contributed by atoms with E-state index in [2.05, 4.69) is 0 Å². The summed E-state index contributed by atoms with van der Waals surface area (Å²) in [5.74, 6) is 0.210. The fourth-order valence-electron chi connectivity index (χ4n) is 1.19. The van der Waals surface area contributed by atoms with Crippen LogP contribution in [0.3, 0.4) is 0 Å². The number of nitrogens with two attached hydrogens (primary N) is 1. The fraction of sp³-hybridized carbons (Fsp3) is 1.00. The number of alkyl halides is 1. The van der Waals surface area contributed by atoms with E-state index in [-0.39, 0.29) is 18.4 Å². The van der Waals surface area contributed by atoms with Crippen LogP contribution in [0.5, 0.6) is 0 Å². The van der Waals surface area contributed by atoms with Crippen LogP contribution >= 0.6 is 0 Å². The quantitative estimate of drug-likeness (QED) is 0.668. The first kappa shape index (κ1) is 11.8. The van der Waals surface area contributed by atoms with Gasteiger partial charge >= 0.3 is 0 Å². The molecule has 0 saturated heterocycles. The first-order chi connectivity index (χ1) is 5.63. The summed E-state index contributed by atoms with van der Waals surface area (Å²) in [6.07, 6.45) is -0.921. The van der Waals surface area contributed by atoms with Crippen molar-refractivity contribution < 1.29 is 9.13 Å². The molecule has 0 amide bonds. The van der Waals surface area contributed by atoms with Gasteiger partial charge in [-0.1, -0.05) is 13.8 Å². The maximum absolute atomic E-state index is 13.3. The zero-order chi connectivity index (χ0) is 9.56. The van der Waals surface area contributed by atoms with Crippen LogP contribution in [0.25, 0.3) is 0 Å². The highest BCUT2D eigenvalue weighted by atomic mass is 19.1. The number of hydrogen-bond donors (Lipinski definition) is 1. The lowest BCUT2D eigenvalue weighted by atomic mass is 9.92. The molecule has 0 aromatic carbocycles. The van der Waals surface area contributed by atoms with E-state index >= 15 is 0 Å². The van der Waals surface area contributed by atoms with Crippen molar-refractivity contribution in [1.82, 2.24) is 0 Å². The molecule has 0 radical (unpaired) electrons. The molecule has 2 unspecified atom stereocenters. The summed E-state index contributed by atoms with van der Waals surface area (Å²) >= 11 is 0. The summed E-state index contributed by atoms with van der Waals surface area (Å²) in [4.78, 5) is 0. The van der Waals surface area contributed by atoms with E-state index in [1.54, 1.807) is 0 Å². The third kappa shape index (κ3) is 4.02. The van der Waals surface area contributed by atoms with E-state index in [4.69, 9.17) is 10.5 Å². The third-order valence-electron chi connectivity index (χ3n) is 2.07. The molecule has 74 valence electrons. The Labute approximate surface area is 74.3 Å². The second kappa shape index (κ2) is 6.38. The fourth-order valence-corrected chi connectivity index (χ4v) is 1.19. The van der Waals surface area contributed by atoms with Crippen LogP contribution in [0.2, 0.25) is 0 Å². The predicted molar refractivity (Wildman–Crippen MR) is 48.8 cm³/mol. The van der Waals surface area contributed by atoms with Crippen molar-refractivity contribution >= 4 is 0 Å². The van der Waals surface area contributed by atoms with Crippen molar-refractivity contribution in [2.45, 2.75) is 26.9 Å². The molecule has 3 heteroatoms. The molecule has 0 spiro atoms. The second-order valence-electron chi connectivity index (χ2n) is 3.32. The van der Waals surface area contributed by atoms with E-state index in [0.29, 0.717) is 13.2 Å². The van der Waals surface area contributed by atoms with Crippen LogP contribution in [0.4, 0.5) is 4.39 Å². The summed E-state index contributed by atoms with van der Waals surface area (Å²) in [7, 11) is 0. The average Bonchev–Trinajstić information content (AvgIpc) is 2.01. The van der Waals surface area contributed by atoms with Gasteiger partial charge in [-0.2, -0.15) is 0 Å². The van der Waals surface area contributed by atoms with Gasteiger partial charge in [0.2, 0.25) is 0 Å². The first-order valence-electron chi connectivity index (χ1n) is 4.55. The number of hydrogen-bond acceptors (Lipinski definition) is 2.